The van der Waals surface area contributed by atoms with E-state index in [0.717, 1.165) is 10.5 Å². The third kappa shape index (κ3) is 3.18. The molecule has 0 radical (unpaired) electrons. The Bertz CT molecular complexity index is 629. The van der Waals surface area contributed by atoms with E-state index >= 15 is 0 Å². The number of carbonyl (C=O) groups excluding carboxylic acids is 1. The van der Waals surface area contributed by atoms with Gasteiger partial charge in [0.15, 0.2) is 0 Å². The molecule has 0 saturated carbocycles. The van der Waals surface area contributed by atoms with Crippen molar-refractivity contribution in [1.82, 2.24) is 4.98 Å². The zero-order valence-electron chi connectivity index (χ0n) is 11.4. The number of aryl methyl sites for hydroxylation is 1. The maximum absolute atomic E-state index is 12.3. The number of nitrogens with one attached hydrogen (secondary N) is 1. The molecule has 0 aliphatic rings. The second kappa shape index (κ2) is 6.54. The van der Waals surface area contributed by atoms with Crippen molar-refractivity contribution in [2.75, 3.05) is 11.6 Å². The van der Waals surface area contributed by atoms with Gasteiger partial charge in [-0.3, -0.25) is 9.78 Å². The summed E-state index contributed by atoms with van der Waals surface area (Å²) >= 11 is 1.59. The van der Waals surface area contributed by atoms with Crippen molar-refractivity contribution in [3.63, 3.8) is 0 Å². The van der Waals surface area contributed by atoms with E-state index in [9.17, 15) is 9.90 Å². The Morgan fingerprint density at radius 2 is 2.20 bits per heavy atom. The topological polar surface area (TPSA) is 62.2 Å². The number of hydrogen-bond acceptors (Lipinski definition) is 4. The predicted molar refractivity (Wildman–Crippen MR) is 81.1 cm³/mol. The molecule has 1 heterocycles. The summed E-state index contributed by atoms with van der Waals surface area (Å²) < 4.78 is 0. The summed E-state index contributed by atoms with van der Waals surface area (Å²) in [5, 5.41) is 12.1. The van der Waals surface area contributed by atoms with E-state index in [2.05, 4.69) is 10.3 Å². The molecule has 4 nitrogen and oxygen atoms in total. The van der Waals surface area contributed by atoms with Gasteiger partial charge in [-0.2, -0.15) is 0 Å². The molecule has 2 aromatic rings. The third-order valence-electron chi connectivity index (χ3n) is 3.02. The van der Waals surface area contributed by atoms with Gasteiger partial charge in [0.25, 0.3) is 5.91 Å². The molecule has 0 unspecified atom stereocenters. The molecule has 0 fully saturated rings. The Kier molecular flexibility index (Phi) is 4.76. The van der Waals surface area contributed by atoms with Crippen LogP contribution in [-0.2, 0) is 6.61 Å². The minimum Gasteiger partial charge on any atom is -0.392 e. The Morgan fingerprint density at radius 3 is 2.90 bits per heavy atom. The first kappa shape index (κ1) is 14.6. The van der Waals surface area contributed by atoms with Crippen molar-refractivity contribution in [2.45, 2.75) is 18.4 Å². The Hall–Kier alpha value is -1.85. The highest BCUT2D eigenvalue weighted by atomic mass is 32.2. The number of benzene rings is 1. The molecule has 1 amide bonds. The number of rotatable bonds is 4. The van der Waals surface area contributed by atoms with Crippen LogP contribution in [0.2, 0.25) is 0 Å². The van der Waals surface area contributed by atoms with Crippen molar-refractivity contribution < 1.29 is 9.90 Å². The molecule has 0 atom stereocenters. The van der Waals surface area contributed by atoms with E-state index in [-0.39, 0.29) is 12.5 Å². The van der Waals surface area contributed by atoms with Gasteiger partial charge in [-0.25, -0.2) is 0 Å². The molecule has 2 N–H and O–H groups in total. The second-order valence-corrected chi connectivity index (χ2v) is 5.21. The number of pyridine rings is 1. The van der Waals surface area contributed by atoms with Crippen LogP contribution >= 0.6 is 11.8 Å². The van der Waals surface area contributed by atoms with Crippen molar-refractivity contribution in [2.24, 2.45) is 0 Å². The number of nitrogens with zero attached hydrogens (tertiary/aromatic N) is 1. The third-order valence-corrected chi connectivity index (χ3v) is 3.74. The van der Waals surface area contributed by atoms with Crippen LogP contribution in [-0.4, -0.2) is 22.3 Å². The summed E-state index contributed by atoms with van der Waals surface area (Å²) in [6.07, 6.45) is 5.09. The van der Waals surface area contributed by atoms with Gasteiger partial charge >= 0.3 is 0 Å². The Labute approximate surface area is 122 Å². The largest absolute Gasteiger partial charge is 0.392 e. The molecule has 0 spiro atoms. The lowest BCUT2D eigenvalue weighted by atomic mass is 10.1. The number of aromatic nitrogens is 1. The summed E-state index contributed by atoms with van der Waals surface area (Å²) in [4.78, 5) is 17.3. The van der Waals surface area contributed by atoms with Crippen molar-refractivity contribution in [3.8, 4) is 0 Å². The number of hydrogen-bond donors (Lipinski definition) is 2. The van der Waals surface area contributed by atoms with Gasteiger partial charge in [-0.1, -0.05) is 6.07 Å². The van der Waals surface area contributed by atoms with Crippen LogP contribution in [0.1, 0.15) is 21.5 Å². The SMILES string of the molecule is CSc1ccc(C)c(C(=O)Nc2cnccc2CO)c1. The highest BCUT2D eigenvalue weighted by molar-refractivity contribution is 7.98. The summed E-state index contributed by atoms with van der Waals surface area (Å²) in [5.41, 5.74) is 2.72. The fourth-order valence-electron chi connectivity index (χ4n) is 1.84. The van der Waals surface area contributed by atoms with Crippen LogP contribution in [0.3, 0.4) is 0 Å². The number of anilines is 1. The molecule has 104 valence electrons. The number of aliphatic hydroxyl groups excluding tert-OH is 1. The lowest BCUT2D eigenvalue weighted by Gasteiger charge is -2.11. The van der Waals surface area contributed by atoms with Crippen LogP contribution in [0.5, 0.6) is 0 Å². The van der Waals surface area contributed by atoms with Gasteiger partial charge in [0.05, 0.1) is 18.5 Å². The Morgan fingerprint density at radius 1 is 1.40 bits per heavy atom. The van der Waals surface area contributed by atoms with E-state index in [1.54, 1.807) is 24.0 Å². The van der Waals surface area contributed by atoms with Gasteiger partial charge < -0.3 is 10.4 Å². The quantitative estimate of drug-likeness (QED) is 0.849. The molecular weight excluding hydrogens is 272 g/mol. The van der Waals surface area contributed by atoms with Crippen LogP contribution in [0.4, 0.5) is 5.69 Å². The molecule has 0 bridgehead atoms. The summed E-state index contributed by atoms with van der Waals surface area (Å²) in [7, 11) is 0. The molecule has 1 aromatic carbocycles. The summed E-state index contributed by atoms with van der Waals surface area (Å²) in [6.45, 7) is 1.76. The molecule has 1 aromatic heterocycles. The van der Waals surface area contributed by atoms with Crippen LogP contribution in [0.25, 0.3) is 0 Å². The molecule has 2 rings (SSSR count). The van der Waals surface area contributed by atoms with Crippen LogP contribution in [0.15, 0.2) is 41.6 Å². The minimum atomic E-state index is -0.193. The van der Waals surface area contributed by atoms with Crippen LogP contribution in [0, 0.1) is 6.92 Å². The van der Waals surface area contributed by atoms with Crippen LogP contribution < -0.4 is 5.32 Å². The molecule has 0 aliphatic carbocycles. The summed E-state index contributed by atoms with van der Waals surface area (Å²) in [5.74, 6) is -0.193. The average Bonchev–Trinajstić information content (AvgIpc) is 2.48. The van der Waals surface area contributed by atoms with E-state index in [0.29, 0.717) is 16.8 Å². The predicted octanol–water partition coefficient (Wildman–Crippen LogP) is 2.86. The van der Waals surface area contributed by atoms with Gasteiger partial charge in [-0.15, -0.1) is 11.8 Å². The highest BCUT2D eigenvalue weighted by Gasteiger charge is 2.12. The monoisotopic (exact) mass is 288 g/mol. The van der Waals surface area contributed by atoms with E-state index in [4.69, 9.17) is 0 Å². The van der Waals surface area contributed by atoms with Crippen molar-refractivity contribution in [3.05, 3.63) is 53.3 Å². The number of carbonyl (C=O) groups is 1. The first-order valence-electron chi connectivity index (χ1n) is 6.15. The fourth-order valence-corrected chi connectivity index (χ4v) is 2.28. The van der Waals surface area contributed by atoms with E-state index < -0.39 is 0 Å². The standard InChI is InChI=1S/C15H16N2O2S/c1-10-3-4-12(20-2)7-13(10)15(19)17-14-8-16-6-5-11(14)9-18/h3-8,18H,9H2,1-2H3,(H,17,19). The van der Waals surface area contributed by atoms with Gasteiger partial charge in [0.2, 0.25) is 0 Å². The van der Waals surface area contributed by atoms with E-state index in [1.165, 1.54) is 6.20 Å². The first-order valence-corrected chi connectivity index (χ1v) is 7.38. The lowest BCUT2D eigenvalue weighted by molar-refractivity contribution is 0.102. The molecule has 0 aliphatic heterocycles. The van der Waals surface area contributed by atoms with Gasteiger partial charge in [0.1, 0.15) is 0 Å². The first-order chi connectivity index (χ1) is 9.65. The van der Waals surface area contributed by atoms with Gasteiger partial charge in [0, 0.05) is 22.2 Å². The normalized spacial score (nSPS) is 10.3. The number of aliphatic hydroxyl groups is 1. The zero-order valence-corrected chi connectivity index (χ0v) is 12.2. The fraction of sp³-hybridized carbons (Fsp3) is 0.200. The highest BCUT2D eigenvalue weighted by Crippen LogP contribution is 2.21. The van der Waals surface area contributed by atoms with Crippen molar-refractivity contribution in [1.29, 1.82) is 0 Å². The minimum absolute atomic E-state index is 0.137. The Balaban J connectivity index is 2.28. The lowest BCUT2D eigenvalue weighted by Crippen LogP contribution is -2.15. The number of thioether (sulfide) groups is 1. The van der Waals surface area contributed by atoms with Gasteiger partial charge in [-0.05, 0) is 36.9 Å². The maximum Gasteiger partial charge on any atom is 0.256 e. The smallest absolute Gasteiger partial charge is 0.256 e. The zero-order chi connectivity index (χ0) is 14.5. The molecule has 0 saturated heterocycles. The number of amides is 1. The summed E-state index contributed by atoms with van der Waals surface area (Å²) in [6, 6.07) is 7.46. The molecule has 20 heavy (non-hydrogen) atoms. The maximum atomic E-state index is 12.3. The average molecular weight is 288 g/mol. The van der Waals surface area contributed by atoms with Crippen molar-refractivity contribution >= 4 is 23.4 Å². The van der Waals surface area contributed by atoms with E-state index in [1.807, 2.05) is 31.4 Å². The molecule has 5 heteroatoms. The molecular formula is C15H16N2O2S. The second-order valence-electron chi connectivity index (χ2n) is 4.33.